The molecule has 11 heteroatoms. The molecule has 2 fully saturated rings. The zero-order chi connectivity index (χ0) is 28.8. The van der Waals surface area contributed by atoms with Crippen molar-refractivity contribution in [2.24, 2.45) is 0 Å². The van der Waals surface area contributed by atoms with Crippen LogP contribution in [0.15, 0.2) is 46.3 Å². The molecule has 2 atom stereocenters. The molecule has 1 aliphatic carbocycles. The highest BCUT2D eigenvalue weighted by atomic mass is 32.2. The highest BCUT2D eigenvalue weighted by Crippen LogP contribution is 2.34. The second-order valence-corrected chi connectivity index (χ2v) is 11.8. The fourth-order valence-electron chi connectivity index (χ4n) is 6.40. The molecule has 0 unspecified atom stereocenters. The van der Waals surface area contributed by atoms with Gasteiger partial charge in [0.15, 0.2) is 16.8 Å². The number of likely N-dealkylation sites (tertiary alicyclic amines) is 2. The van der Waals surface area contributed by atoms with Crippen LogP contribution < -0.4 is 5.56 Å². The third-order valence-electron chi connectivity index (χ3n) is 8.50. The maximum atomic E-state index is 14.2. The normalized spacial score (nSPS) is 19.5. The smallest absolute Gasteiger partial charge is 0.277 e. The Balaban J connectivity index is 1.21. The summed E-state index contributed by atoms with van der Waals surface area (Å²) in [6.07, 6.45) is 3.33. The molecule has 41 heavy (non-hydrogen) atoms. The molecular formula is C30H29F3N4O3S. The molecule has 3 aliphatic rings. The van der Waals surface area contributed by atoms with Gasteiger partial charge in [-0.05, 0) is 68.9 Å². The van der Waals surface area contributed by atoms with Crippen LogP contribution in [0.4, 0.5) is 13.2 Å². The fraction of sp³-hybridized carbons (Fsp3) is 0.400. The first-order chi connectivity index (χ1) is 19.7. The van der Waals surface area contributed by atoms with Crippen LogP contribution in [0, 0.1) is 24.4 Å². The SMILES string of the molecule is Cc1c(C(=O)N2CC[C@H]3[C@H]2CCN3C(=O)Cn2c(SCc3ccc(F)cc3)nc(=O)c3c2CCC3)ccc(F)c1F. The first kappa shape index (κ1) is 27.6. The van der Waals surface area contributed by atoms with Crippen LogP contribution in [0.25, 0.3) is 0 Å². The molecule has 0 bridgehead atoms. The van der Waals surface area contributed by atoms with Gasteiger partial charge in [-0.2, -0.15) is 4.98 Å². The molecule has 3 heterocycles. The van der Waals surface area contributed by atoms with E-state index in [9.17, 15) is 27.6 Å². The van der Waals surface area contributed by atoms with Gasteiger partial charge >= 0.3 is 0 Å². The number of hydrogen-bond acceptors (Lipinski definition) is 5. The Morgan fingerprint density at radius 2 is 1.68 bits per heavy atom. The number of amides is 2. The molecule has 0 saturated carbocycles. The summed E-state index contributed by atoms with van der Waals surface area (Å²) in [6, 6.07) is 8.04. The van der Waals surface area contributed by atoms with Crippen LogP contribution >= 0.6 is 11.8 Å². The van der Waals surface area contributed by atoms with Crippen LogP contribution in [0.1, 0.15) is 52.0 Å². The Bertz CT molecular complexity index is 1590. The Hall–Kier alpha value is -3.60. The monoisotopic (exact) mass is 582 g/mol. The number of hydrogen-bond donors (Lipinski definition) is 0. The Morgan fingerprint density at radius 3 is 2.44 bits per heavy atom. The summed E-state index contributed by atoms with van der Waals surface area (Å²) in [4.78, 5) is 47.6. The van der Waals surface area contributed by atoms with E-state index in [0.29, 0.717) is 55.2 Å². The van der Waals surface area contributed by atoms with E-state index in [1.165, 1.54) is 36.9 Å². The minimum Gasteiger partial charge on any atom is -0.336 e. The van der Waals surface area contributed by atoms with E-state index < -0.39 is 11.6 Å². The molecule has 0 spiro atoms. The number of nitrogens with zero attached hydrogens (tertiary/aromatic N) is 4. The number of thioether (sulfide) groups is 1. The van der Waals surface area contributed by atoms with Crippen LogP contribution in [-0.2, 0) is 29.9 Å². The topological polar surface area (TPSA) is 75.5 Å². The molecule has 0 N–H and O–H groups in total. The lowest BCUT2D eigenvalue weighted by Gasteiger charge is -2.27. The van der Waals surface area contributed by atoms with E-state index in [1.54, 1.807) is 17.0 Å². The number of aromatic nitrogens is 2. The molecule has 6 rings (SSSR count). The van der Waals surface area contributed by atoms with E-state index in [2.05, 4.69) is 4.98 Å². The molecule has 1 aromatic heterocycles. The Labute approximate surface area is 239 Å². The minimum absolute atomic E-state index is 0.0189. The number of carbonyl (C=O) groups is 2. The predicted octanol–water partition coefficient (Wildman–Crippen LogP) is 4.27. The van der Waals surface area contributed by atoms with Gasteiger partial charge in [-0.25, -0.2) is 13.2 Å². The molecule has 2 amide bonds. The maximum Gasteiger partial charge on any atom is 0.277 e. The average molecular weight is 583 g/mol. The van der Waals surface area contributed by atoms with Gasteiger partial charge in [0.1, 0.15) is 12.4 Å². The lowest BCUT2D eigenvalue weighted by molar-refractivity contribution is -0.132. The molecular weight excluding hydrogens is 553 g/mol. The van der Waals surface area contributed by atoms with Gasteiger partial charge < -0.3 is 14.4 Å². The van der Waals surface area contributed by atoms with Crippen molar-refractivity contribution in [2.45, 2.75) is 68.6 Å². The molecule has 7 nitrogen and oxygen atoms in total. The molecule has 2 aromatic carbocycles. The van der Waals surface area contributed by atoms with Crippen molar-refractivity contribution in [3.05, 3.63) is 92.2 Å². The van der Waals surface area contributed by atoms with Gasteiger partial charge in [-0.3, -0.25) is 14.4 Å². The fourth-order valence-corrected chi connectivity index (χ4v) is 7.37. The van der Waals surface area contributed by atoms with E-state index in [4.69, 9.17) is 0 Å². The molecule has 2 aliphatic heterocycles. The van der Waals surface area contributed by atoms with Crippen molar-refractivity contribution in [3.63, 3.8) is 0 Å². The minimum atomic E-state index is -1.02. The van der Waals surface area contributed by atoms with Crippen molar-refractivity contribution >= 4 is 23.6 Å². The Kier molecular flexibility index (Phi) is 7.39. The van der Waals surface area contributed by atoms with Gasteiger partial charge in [0, 0.05) is 41.2 Å². The van der Waals surface area contributed by atoms with Crippen molar-refractivity contribution < 1.29 is 22.8 Å². The number of rotatable bonds is 6. The first-order valence-corrected chi connectivity index (χ1v) is 14.8. The average Bonchev–Trinajstić information content (AvgIpc) is 3.70. The summed E-state index contributed by atoms with van der Waals surface area (Å²) in [7, 11) is 0. The van der Waals surface area contributed by atoms with E-state index in [0.717, 1.165) is 23.7 Å². The lowest BCUT2D eigenvalue weighted by Crippen LogP contribution is -2.43. The maximum absolute atomic E-state index is 14.2. The second kappa shape index (κ2) is 11.0. The van der Waals surface area contributed by atoms with Gasteiger partial charge in [-0.15, -0.1) is 0 Å². The first-order valence-electron chi connectivity index (χ1n) is 13.8. The molecule has 214 valence electrons. The summed E-state index contributed by atoms with van der Waals surface area (Å²) < 4.78 is 43.0. The van der Waals surface area contributed by atoms with Crippen LogP contribution in [0.2, 0.25) is 0 Å². The zero-order valence-electron chi connectivity index (χ0n) is 22.5. The summed E-state index contributed by atoms with van der Waals surface area (Å²) in [5.41, 5.74) is 2.22. The summed E-state index contributed by atoms with van der Waals surface area (Å²) >= 11 is 1.34. The molecule has 2 saturated heterocycles. The van der Waals surface area contributed by atoms with Crippen LogP contribution in [0.3, 0.4) is 0 Å². The van der Waals surface area contributed by atoms with Crippen molar-refractivity contribution in [3.8, 4) is 0 Å². The summed E-state index contributed by atoms with van der Waals surface area (Å²) in [5.74, 6) is -2.34. The lowest BCUT2D eigenvalue weighted by atomic mass is 10.1. The second-order valence-electron chi connectivity index (χ2n) is 10.8. The number of fused-ring (bicyclic) bond motifs is 2. The molecule has 3 aromatic rings. The van der Waals surface area contributed by atoms with Crippen molar-refractivity contribution in [1.29, 1.82) is 0 Å². The predicted molar refractivity (Wildman–Crippen MR) is 147 cm³/mol. The standard InChI is InChI=1S/C30H29F3N4O3S/c1-17-20(9-10-22(32)27(17)33)29(40)36-14-12-24-25(36)11-13-35(24)26(38)15-37-23-4-2-3-21(23)28(39)34-30(37)41-16-18-5-7-19(31)8-6-18/h5-10,24-25H,2-4,11-16H2,1H3/t24-,25+/m0/s1. The number of carbonyl (C=O) groups excluding carboxylic acids is 2. The van der Waals surface area contributed by atoms with Gasteiger partial charge in [0.25, 0.3) is 11.5 Å². The highest BCUT2D eigenvalue weighted by molar-refractivity contribution is 7.98. The Morgan fingerprint density at radius 1 is 0.976 bits per heavy atom. The third kappa shape index (κ3) is 5.05. The van der Waals surface area contributed by atoms with Gasteiger partial charge in [-0.1, -0.05) is 23.9 Å². The largest absolute Gasteiger partial charge is 0.336 e. The van der Waals surface area contributed by atoms with Crippen LogP contribution in [-0.4, -0.2) is 56.3 Å². The van der Waals surface area contributed by atoms with Gasteiger partial charge in [0.05, 0.1) is 12.1 Å². The van der Waals surface area contributed by atoms with Gasteiger partial charge in [0.2, 0.25) is 5.91 Å². The number of halogens is 3. The van der Waals surface area contributed by atoms with Crippen LogP contribution in [0.5, 0.6) is 0 Å². The van der Waals surface area contributed by atoms with E-state index in [1.807, 2.05) is 9.47 Å². The number of benzene rings is 2. The van der Waals surface area contributed by atoms with Crippen molar-refractivity contribution in [1.82, 2.24) is 19.4 Å². The highest BCUT2D eigenvalue weighted by Gasteiger charge is 2.46. The van der Waals surface area contributed by atoms with E-state index >= 15 is 0 Å². The zero-order valence-corrected chi connectivity index (χ0v) is 23.4. The summed E-state index contributed by atoms with van der Waals surface area (Å²) in [6.45, 7) is 2.32. The molecule has 0 radical (unpaired) electrons. The van der Waals surface area contributed by atoms with E-state index in [-0.39, 0.29) is 52.9 Å². The quantitative estimate of drug-likeness (QED) is 0.321. The summed E-state index contributed by atoms with van der Waals surface area (Å²) in [5, 5.41) is 0.459. The third-order valence-corrected chi connectivity index (χ3v) is 9.55. The van der Waals surface area contributed by atoms with Crippen molar-refractivity contribution in [2.75, 3.05) is 13.1 Å².